The minimum atomic E-state index is 0.458. The molecule has 0 fully saturated rings. The molecule has 0 aliphatic carbocycles. The van der Waals surface area contributed by atoms with Gasteiger partial charge >= 0.3 is 0 Å². The quantitative estimate of drug-likeness (QED) is 0.686. The summed E-state index contributed by atoms with van der Waals surface area (Å²) in [5, 5.41) is 4.22. The minimum Gasteiger partial charge on any atom is -0.267 e. The van der Waals surface area contributed by atoms with Crippen molar-refractivity contribution >= 4 is 12.6 Å². The van der Waals surface area contributed by atoms with Gasteiger partial charge in [-0.25, -0.2) is 0 Å². The monoisotopic (exact) mass is 170 g/mol. The molecular weight excluding hydrogens is 156 g/mol. The third-order valence-corrected chi connectivity index (χ3v) is 1.83. The van der Waals surface area contributed by atoms with Crippen molar-refractivity contribution in [2.24, 2.45) is 0 Å². The lowest BCUT2D eigenvalue weighted by Crippen LogP contribution is -2.07. The number of nitrogens with zero attached hydrogens (tertiary/aromatic N) is 2. The van der Waals surface area contributed by atoms with Crippen molar-refractivity contribution in [2.45, 2.75) is 26.3 Å². The lowest BCUT2D eigenvalue weighted by molar-refractivity contribution is 0.512. The second kappa shape index (κ2) is 3.81. The summed E-state index contributed by atoms with van der Waals surface area (Å²) in [6.07, 6.45) is 2.85. The molecule has 0 radical (unpaired) electrons. The molecular formula is C8H14N2S. The van der Waals surface area contributed by atoms with E-state index in [1.54, 1.807) is 0 Å². The van der Waals surface area contributed by atoms with Crippen LogP contribution in [0.5, 0.6) is 0 Å². The molecule has 3 heteroatoms. The molecule has 11 heavy (non-hydrogen) atoms. The molecule has 0 saturated carbocycles. The number of hydrogen-bond donors (Lipinski definition) is 1. The van der Waals surface area contributed by atoms with E-state index in [1.807, 2.05) is 10.9 Å². The zero-order chi connectivity index (χ0) is 8.27. The second-order valence-corrected chi connectivity index (χ2v) is 3.28. The Kier molecular flexibility index (Phi) is 3.00. The molecule has 0 amide bonds. The van der Waals surface area contributed by atoms with E-state index >= 15 is 0 Å². The van der Waals surface area contributed by atoms with Crippen LogP contribution in [0.1, 0.15) is 25.6 Å². The second-order valence-electron chi connectivity index (χ2n) is 2.83. The first-order chi connectivity index (χ1) is 5.25. The molecule has 0 bridgehead atoms. The molecule has 0 spiro atoms. The van der Waals surface area contributed by atoms with Gasteiger partial charge in [0.2, 0.25) is 0 Å². The molecule has 1 aromatic rings. The Hall–Kier alpha value is -0.440. The highest BCUT2D eigenvalue weighted by Gasteiger charge is 2.03. The van der Waals surface area contributed by atoms with Gasteiger partial charge in [0.05, 0.1) is 0 Å². The zero-order valence-electron chi connectivity index (χ0n) is 6.99. The highest BCUT2D eigenvalue weighted by atomic mass is 32.1. The number of aromatic nitrogens is 2. The van der Waals surface area contributed by atoms with Crippen LogP contribution in [0.3, 0.4) is 0 Å². The van der Waals surface area contributed by atoms with Crippen molar-refractivity contribution in [1.29, 1.82) is 0 Å². The molecule has 1 rings (SSSR count). The summed E-state index contributed by atoms with van der Waals surface area (Å²) < 4.78 is 2.04. The standard InChI is InChI=1S/C8H14N2S/c1-7(2)10-8(4-6-11)3-5-9-10/h3,5,7,11H,4,6H2,1-2H3. The van der Waals surface area contributed by atoms with Crippen LogP contribution < -0.4 is 0 Å². The smallest absolute Gasteiger partial charge is 0.0492 e. The molecule has 2 nitrogen and oxygen atoms in total. The maximum Gasteiger partial charge on any atom is 0.0492 e. The highest BCUT2D eigenvalue weighted by molar-refractivity contribution is 7.80. The number of aryl methyl sites for hydroxylation is 1. The van der Waals surface area contributed by atoms with Gasteiger partial charge in [0.15, 0.2) is 0 Å². The average Bonchev–Trinajstić information content (AvgIpc) is 2.36. The maximum absolute atomic E-state index is 4.22. The third-order valence-electron chi connectivity index (χ3n) is 1.61. The Morgan fingerprint density at radius 3 is 2.91 bits per heavy atom. The summed E-state index contributed by atoms with van der Waals surface area (Å²) in [5.41, 5.74) is 1.27. The summed E-state index contributed by atoms with van der Waals surface area (Å²) in [5.74, 6) is 0.887. The van der Waals surface area contributed by atoms with Crippen LogP contribution in [-0.4, -0.2) is 15.5 Å². The van der Waals surface area contributed by atoms with Crippen LogP contribution in [0.2, 0.25) is 0 Å². The van der Waals surface area contributed by atoms with Crippen LogP contribution in [0.15, 0.2) is 12.3 Å². The van der Waals surface area contributed by atoms with E-state index in [0.717, 1.165) is 12.2 Å². The summed E-state index contributed by atoms with van der Waals surface area (Å²) in [4.78, 5) is 0. The van der Waals surface area contributed by atoms with Gasteiger partial charge in [-0.3, -0.25) is 4.68 Å². The predicted octanol–water partition coefficient (Wildman–Crippen LogP) is 1.94. The van der Waals surface area contributed by atoms with Gasteiger partial charge in [0, 0.05) is 17.9 Å². The molecule has 0 atom stereocenters. The first kappa shape index (κ1) is 8.65. The minimum absolute atomic E-state index is 0.458. The van der Waals surface area contributed by atoms with Gasteiger partial charge < -0.3 is 0 Å². The van der Waals surface area contributed by atoms with E-state index in [-0.39, 0.29) is 0 Å². The molecule has 0 aromatic carbocycles. The summed E-state index contributed by atoms with van der Waals surface area (Å²) in [7, 11) is 0. The first-order valence-corrected chi connectivity index (χ1v) is 4.52. The molecule has 0 aliphatic rings. The summed E-state index contributed by atoms with van der Waals surface area (Å²) in [6.45, 7) is 4.27. The molecule has 1 aromatic heterocycles. The Morgan fingerprint density at radius 1 is 1.64 bits per heavy atom. The fourth-order valence-corrected chi connectivity index (χ4v) is 1.35. The Labute approximate surface area is 73.0 Å². The van der Waals surface area contributed by atoms with E-state index in [4.69, 9.17) is 0 Å². The first-order valence-electron chi connectivity index (χ1n) is 3.89. The van der Waals surface area contributed by atoms with Gasteiger partial charge in [-0.1, -0.05) is 0 Å². The lowest BCUT2D eigenvalue weighted by Gasteiger charge is -2.09. The maximum atomic E-state index is 4.22. The molecule has 0 N–H and O–H groups in total. The fourth-order valence-electron chi connectivity index (χ4n) is 1.12. The van der Waals surface area contributed by atoms with E-state index < -0.39 is 0 Å². The Morgan fingerprint density at radius 2 is 2.36 bits per heavy atom. The van der Waals surface area contributed by atoms with Crippen molar-refractivity contribution in [3.8, 4) is 0 Å². The van der Waals surface area contributed by atoms with Crippen LogP contribution in [0, 0.1) is 0 Å². The molecule has 0 saturated heterocycles. The predicted molar refractivity (Wildman–Crippen MR) is 50.2 cm³/mol. The normalized spacial score (nSPS) is 10.9. The van der Waals surface area contributed by atoms with Crippen LogP contribution in [-0.2, 0) is 6.42 Å². The van der Waals surface area contributed by atoms with Gasteiger partial charge in [-0.2, -0.15) is 17.7 Å². The number of hydrogen-bond acceptors (Lipinski definition) is 2. The van der Waals surface area contributed by atoms with E-state index in [2.05, 4.69) is 37.6 Å². The van der Waals surface area contributed by atoms with Crippen molar-refractivity contribution < 1.29 is 0 Å². The SMILES string of the molecule is CC(C)n1nccc1CCS. The molecule has 0 aliphatic heterocycles. The Balaban J connectivity index is 2.78. The number of thiol groups is 1. The van der Waals surface area contributed by atoms with Crippen LogP contribution in [0.25, 0.3) is 0 Å². The lowest BCUT2D eigenvalue weighted by atomic mass is 10.3. The molecule has 1 heterocycles. The van der Waals surface area contributed by atoms with E-state index in [0.29, 0.717) is 6.04 Å². The largest absolute Gasteiger partial charge is 0.267 e. The van der Waals surface area contributed by atoms with Crippen LogP contribution >= 0.6 is 12.6 Å². The van der Waals surface area contributed by atoms with Gasteiger partial charge in [-0.05, 0) is 32.1 Å². The fraction of sp³-hybridized carbons (Fsp3) is 0.625. The molecule has 0 unspecified atom stereocenters. The van der Waals surface area contributed by atoms with E-state index in [1.165, 1.54) is 5.69 Å². The van der Waals surface area contributed by atoms with Crippen molar-refractivity contribution in [1.82, 2.24) is 9.78 Å². The molecule has 62 valence electrons. The third kappa shape index (κ3) is 1.99. The topological polar surface area (TPSA) is 17.8 Å². The van der Waals surface area contributed by atoms with E-state index in [9.17, 15) is 0 Å². The van der Waals surface area contributed by atoms with Crippen molar-refractivity contribution in [3.63, 3.8) is 0 Å². The summed E-state index contributed by atoms with van der Waals surface area (Å²) >= 11 is 4.18. The van der Waals surface area contributed by atoms with Gasteiger partial charge in [-0.15, -0.1) is 0 Å². The summed E-state index contributed by atoms with van der Waals surface area (Å²) in [6, 6.07) is 2.51. The van der Waals surface area contributed by atoms with Gasteiger partial charge in [0.25, 0.3) is 0 Å². The van der Waals surface area contributed by atoms with Crippen molar-refractivity contribution in [2.75, 3.05) is 5.75 Å². The zero-order valence-corrected chi connectivity index (χ0v) is 7.88. The van der Waals surface area contributed by atoms with Crippen molar-refractivity contribution in [3.05, 3.63) is 18.0 Å². The average molecular weight is 170 g/mol. The highest BCUT2D eigenvalue weighted by Crippen LogP contribution is 2.08. The number of rotatable bonds is 3. The van der Waals surface area contributed by atoms with Crippen LogP contribution in [0.4, 0.5) is 0 Å². The Bertz CT molecular complexity index is 218. The van der Waals surface area contributed by atoms with Gasteiger partial charge in [0.1, 0.15) is 0 Å².